The fourth-order valence-electron chi connectivity index (χ4n) is 2.83. The highest BCUT2D eigenvalue weighted by molar-refractivity contribution is 5.77. The maximum Gasteiger partial charge on any atom is 0.220 e. The van der Waals surface area contributed by atoms with Crippen LogP contribution in [-0.4, -0.2) is 30.3 Å². The van der Waals surface area contributed by atoms with E-state index < -0.39 is 0 Å². The fraction of sp³-hybridized carbons (Fsp3) is 0.588. The summed E-state index contributed by atoms with van der Waals surface area (Å²) >= 11 is 0. The second kappa shape index (κ2) is 7.46. The van der Waals surface area contributed by atoms with Gasteiger partial charge in [0.05, 0.1) is 6.61 Å². The average Bonchev–Trinajstić information content (AvgIpc) is 2.47. The van der Waals surface area contributed by atoms with E-state index in [1.54, 1.807) is 0 Å². The largest absolute Gasteiger partial charge is 0.493 e. The van der Waals surface area contributed by atoms with Crippen LogP contribution in [0.25, 0.3) is 0 Å². The maximum atomic E-state index is 12.3. The number of hydrogen-bond donors (Lipinski definition) is 2. The molecule has 1 aromatic rings. The van der Waals surface area contributed by atoms with Gasteiger partial charge in [0.1, 0.15) is 5.75 Å². The van der Waals surface area contributed by atoms with Crippen LogP contribution in [0, 0.1) is 5.92 Å². The number of carbonyl (C=O) groups is 1. The van der Waals surface area contributed by atoms with Gasteiger partial charge in [-0.05, 0) is 36.3 Å². The van der Waals surface area contributed by atoms with E-state index in [4.69, 9.17) is 9.84 Å². The first-order valence-electron chi connectivity index (χ1n) is 7.73. The van der Waals surface area contributed by atoms with Gasteiger partial charge in [-0.3, -0.25) is 4.79 Å². The van der Waals surface area contributed by atoms with Crippen molar-refractivity contribution >= 4 is 5.91 Å². The topological polar surface area (TPSA) is 58.6 Å². The second-order valence-electron chi connectivity index (χ2n) is 6.01. The predicted octanol–water partition coefficient (Wildman–Crippen LogP) is 2.47. The first-order chi connectivity index (χ1) is 10.1. The molecule has 2 rings (SSSR count). The molecule has 0 aliphatic carbocycles. The van der Waals surface area contributed by atoms with Crippen molar-refractivity contribution < 1.29 is 14.6 Å². The summed E-state index contributed by atoms with van der Waals surface area (Å²) in [6, 6.07) is 7.98. The highest BCUT2D eigenvalue weighted by Crippen LogP contribution is 2.35. The Hall–Kier alpha value is -1.55. The molecule has 116 valence electrons. The molecule has 1 aliphatic rings. The zero-order valence-corrected chi connectivity index (χ0v) is 12.8. The smallest absolute Gasteiger partial charge is 0.220 e. The average molecular weight is 291 g/mol. The van der Waals surface area contributed by atoms with Gasteiger partial charge in [0.15, 0.2) is 0 Å². The molecular weight excluding hydrogens is 266 g/mol. The van der Waals surface area contributed by atoms with Crippen LogP contribution in [0.2, 0.25) is 0 Å². The van der Waals surface area contributed by atoms with Crippen molar-refractivity contribution in [2.45, 2.75) is 45.1 Å². The van der Waals surface area contributed by atoms with Gasteiger partial charge in [0, 0.05) is 19.1 Å². The highest BCUT2D eigenvalue weighted by Gasteiger charge is 2.24. The van der Waals surface area contributed by atoms with E-state index in [9.17, 15) is 4.79 Å². The van der Waals surface area contributed by atoms with Gasteiger partial charge < -0.3 is 15.2 Å². The van der Waals surface area contributed by atoms with Gasteiger partial charge in [-0.1, -0.05) is 32.0 Å². The third-order valence-corrected chi connectivity index (χ3v) is 4.11. The summed E-state index contributed by atoms with van der Waals surface area (Å²) in [7, 11) is 0. The van der Waals surface area contributed by atoms with Crippen molar-refractivity contribution in [1.29, 1.82) is 0 Å². The van der Waals surface area contributed by atoms with Crippen LogP contribution < -0.4 is 10.1 Å². The van der Waals surface area contributed by atoms with E-state index in [0.29, 0.717) is 25.4 Å². The fourth-order valence-corrected chi connectivity index (χ4v) is 2.83. The number of aliphatic hydroxyl groups is 1. The minimum Gasteiger partial charge on any atom is -0.493 e. The lowest BCUT2D eigenvalue weighted by molar-refractivity contribution is -0.122. The molecule has 21 heavy (non-hydrogen) atoms. The summed E-state index contributed by atoms with van der Waals surface area (Å²) in [6.45, 7) is 4.89. The molecule has 0 bridgehead atoms. The molecule has 2 N–H and O–H groups in total. The molecule has 1 aromatic carbocycles. The quantitative estimate of drug-likeness (QED) is 0.846. The number of carbonyl (C=O) groups excluding carboxylic acids is 1. The molecule has 4 nitrogen and oxygen atoms in total. The number of fused-ring (bicyclic) bond motifs is 1. The first-order valence-corrected chi connectivity index (χ1v) is 7.73. The van der Waals surface area contributed by atoms with Crippen molar-refractivity contribution in [3.8, 4) is 5.75 Å². The van der Waals surface area contributed by atoms with Crippen LogP contribution in [0.15, 0.2) is 24.3 Å². The molecule has 1 aliphatic heterocycles. The molecule has 2 unspecified atom stereocenters. The van der Waals surface area contributed by atoms with Gasteiger partial charge in [0.25, 0.3) is 0 Å². The van der Waals surface area contributed by atoms with Crippen LogP contribution in [0.5, 0.6) is 5.75 Å². The van der Waals surface area contributed by atoms with E-state index in [0.717, 1.165) is 17.7 Å². The van der Waals surface area contributed by atoms with Crippen molar-refractivity contribution in [2.24, 2.45) is 5.92 Å². The highest BCUT2D eigenvalue weighted by atomic mass is 16.5. The molecule has 0 aromatic heterocycles. The van der Waals surface area contributed by atoms with Gasteiger partial charge in [-0.2, -0.15) is 0 Å². The number of hydrogen-bond acceptors (Lipinski definition) is 3. The van der Waals surface area contributed by atoms with Gasteiger partial charge >= 0.3 is 0 Å². The Labute approximate surface area is 126 Å². The van der Waals surface area contributed by atoms with Crippen LogP contribution in [0.4, 0.5) is 0 Å². The number of aliphatic hydroxyl groups excluding tert-OH is 1. The van der Waals surface area contributed by atoms with Crippen LogP contribution >= 0.6 is 0 Å². The molecule has 0 saturated carbocycles. The number of amides is 1. The summed E-state index contributed by atoms with van der Waals surface area (Å²) in [6.07, 6.45) is 1.96. The Balaban J connectivity index is 1.97. The number of rotatable bonds is 6. The predicted molar refractivity (Wildman–Crippen MR) is 82.4 cm³/mol. The molecule has 2 atom stereocenters. The van der Waals surface area contributed by atoms with E-state index in [-0.39, 0.29) is 24.5 Å². The molecule has 4 heteroatoms. The van der Waals surface area contributed by atoms with Gasteiger partial charge in [-0.25, -0.2) is 0 Å². The lowest BCUT2D eigenvalue weighted by atomic mass is 9.89. The van der Waals surface area contributed by atoms with Crippen molar-refractivity contribution in [3.63, 3.8) is 0 Å². The molecular formula is C17H25NO3. The number of ether oxygens (including phenoxy) is 1. The molecule has 0 fully saturated rings. The Kier molecular flexibility index (Phi) is 5.62. The Bertz CT molecular complexity index is 473. The second-order valence-corrected chi connectivity index (χ2v) is 6.01. The zero-order chi connectivity index (χ0) is 15.2. The summed E-state index contributed by atoms with van der Waals surface area (Å²) in [5, 5.41) is 12.1. The first kappa shape index (κ1) is 15.8. The van der Waals surface area contributed by atoms with Gasteiger partial charge in [0.2, 0.25) is 5.91 Å². The number of benzene rings is 1. The normalized spacial score (nSPS) is 18.8. The minimum atomic E-state index is 0.0394. The summed E-state index contributed by atoms with van der Waals surface area (Å²) in [4.78, 5) is 12.3. The summed E-state index contributed by atoms with van der Waals surface area (Å²) < 4.78 is 5.63. The summed E-state index contributed by atoms with van der Waals surface area (Å²) in [5.41, 5.74) is 1.13. The van der Waals surface area contributed by atoms with E-state index in [2.05, 4.69) is 19.2 Å². The van der Waals surface area contributed by atoms with Crippen molar-refractivity contribution in [2.75, 3.05) is 13.2 Å². The monoisotopic (exact) mass is 291 g/mol. The zero-order valence-electron chi connectivity index (χ0n) is 12.8. The van der Waals surface area contributed by atoms with Crippen molar-refractivity contribution in [1.82, 2.24) is 5.32 Å². The number of nitrogens with one attached hydrogen (secondary N) is 1. The Morgan fingerprint density at radius 2 is 2.19 bits per heavy atom. The lowest BCUT2D eigenvalue weighted by Crippen LogP contribution is -2.40. The van der Waals surface area contributed by atoms with Gasteiger partial charge in [-0.15, -0.1) is 0 Å². The third kappa shape index (κ3) is 4.21. The van der Waals surface area contributed by atoms with E-state index in [1.165, 1.54) is 0 Å². The standard InChI is InChI=1S/C17H25NO3/c1-12(2)15(7-9-19)18-17(20)11-13-8-10-21-16-6-4-3-5-14(13)16/h3-6,12-13,15,19H,7-11H2,1-2H3,(H,18,20). The third-order valence-electron chi connectivity index (χ3n) is 4.11. The van der Waals surface area contributed by atoms with E-state index in [1.807, 2.05) is 24.3 Å². The Morgan fingerprint density at radius 3 is 2.90 bits per heavy atom. The number of para-hydroxylation sites is 1. The maximum absolute atomic E-state index is 12.3. The molecule has 0 spiro atoms. The van der Waals surface area contributed by atoms with Crippen LogP contribution in [-0.2, 0) is 4.79 Å². The SMILES string of the molecule is CC(C)C(CCO)NC(=O)CC1CCOc2ccccc21. The van der Waals surface area contributed by atoms with E-state index >= 15 is 0 Å². The lowest BCUT2D eigenvalue weighted by Gasteiger charge is -2.27. The molecule has 1 amide bonds. The summed E-state index contributed by atoms with van der Waals surface area (Å²) in [5.74, 6) is 1.50. The van der Waals surface area contributed by atoms with Crippen molar-refractivity contribution in [3.05, 3.63) is 29.8 Å². The molecule has 1 heterocycles. The molecule has 0 radical (unpaired) electrons. The van der Waals surface area contributed by atoms with Crippen LogP contribution in [0.1, 0.15) is 44.6 Å². The molecule has 0 saturated heterocycles. The van der Waals surface area contributed by atoms with Crippen LogP contribution in [0.3, 0.4) is 0 Å². The minimum absolute atomic E-state index is 0.0394. The Morgan fingerprint density at radius 1 is 1.43 bits per heavy atom.